The zero-order valence-corrected chi connectivity index (χ0v) is 13.0. The lowest BCUT2D eigenvalue weighted by atomic mass is 10.0. The van der Waals surface area contributed by atoms with Crippen molar-refractivity contribution in [2.24, 2.45) is 5.92 Å². The molecular weight excluding hydrogens is 305 g/mol. The van der Waals surface area contributed by atoms with Crippen LogP contribution >= 0.6 is 23.2 Å². The Labute approximate surface area is 124 Å². The summed E-state index contributed by atoms with van der Waals surface area (Å²) >= 11 is 11.9. The number of hydrogen-bond donors (Lipinski definition) is 1. The minimum absolute atomic E-state index is 0.150. The van der Waals surface area contributed by atoms with E-state index in [1.165, 1.54) is 6.26 Å². The molecule has 19 heavy (non-hydrogen) atoms. The van der Waals surface area contributed by atoms with Crippen LogP contribution in [0.15, 0.2) is 18.2 Å². The SMILES string of the molecule is CS(=O)(=O)CCN[C@H](c1ccc(Cl)c(Cl)c1)C1CC1. The summed E-state index contributed by atoms with van der Waals surface area (Å²) in [6.07, 6.45) is 3.58. The fourth-order valence-corrected chi connectivity index (χ4v) is 2.89. The van der Waals surface area contributed by atoms with Gasteiger partial charge in [-0.3, -0.25) is 0 Å². The number of sulfone groups is 1. The molecule has 106 valence electrons. The Hall–Kier alpha value is -0.290. The fraction of sp³-hybridized carbons (Fsp3) is 0.538. The monoisotopic (exact) mass is 321 g/mol. The molecular formula is C13H17Cl2NO2S. The Balaban J connectivity index is 2.05. The predicted molar refractivity (Wildman–Crippen MR) is 79.6 cm³/mol. The molecule has 1 aliphatic carbocycles. The average Bonchev–Trinajstić information content (AvgIpc) is 3.11. The summed E-state index contributed by atoms with van der Waals surface area (Å²) in [6, 6.07) is 5.76. The Morgan fingerprint density at radius 2 is 2.00 bits per heavy atom. The number of benzene rings is 1. The molecule has 0 aromatic heterocycles. The summed E-state index contributed by atoms with van der Waals surface area (Å²) in [7, 11) is -2.93. The van der Waals surface area contributed by atoms with E-state index in [0.29, 0.717) is 22.5 Å². The summed E-state index contributed by atoms with van der Waals surface area (Å²) in [5.41, 5.74) is 1.07. The van der Waals surface area contributed by atoms with Crippen LogP contribution in [-0.4, -0.2) is 27.0 Å². The fourth-order valence-electron chi connectivity index (χ4n) is 2.09. The van der Waals surface area contributed by atoms with Crippen LogP contribution in [0.2, 0.25) is 10.0 Å². The van der Waals surface area contributed by atoms with E-state index in [2.05, 4.69) is 5.32 Å². The molecule has 0 unspecified atom stereocenters. The largest absolute Gasteiger partial charge is 0.309 e. The maximum Gasteiger partial charge on any atom is 0.148 e. The third-order valence-corrected chi connectivity index (χ3v) is 4.92. The quantitative estimate of drug-likeness (QED) is 0.875. The van der Waals surface area contributed by atoms with Crippen molar-refractivity contribution in [1.82, 2.24) is 5.32 Å². The molecule has 1 atom stereocenters. The van der Waals surface area contributed by atoms with Gasteiger partial charge in [0.2, 0.25) is 0 Å². The maximum absolute atomic E-state index is 11.2. The van der Waals surface area contributed by atoms with E-state index in [9.17, 15) is 8.42 Å². The lowest BCUT2D eigenvalue weighted by Gasteiger charge is -2.19. The first kappa shape index (κ1) is 15.1. The number of halogens is 2. The Morgan fingerprint density at radius 1 is 1.32 bits per heavy atom. The minimum atomic E-state index is -2.93. The number of nitrogens with one attached hydrogen (secondary N) is 1. The van der Waals surface area contributed by atoms with Gasteiger partial charge in [0, 0.05) is 18.8 Å². The van der Waals surface area contributed by atoms with Gasteiger partial charge in [-0.1, -0.05) is 29.3 Å². The van der Waals surface area contributed by atoms with Gasteiger partial charge in [-0.25, -0.2) is 8.42 Å². The molecule has 0 bridgehead atoms. The molecule has 6 heteroatoms. The molecule has 1 N–H and O–H groups in total. The van der Waals surface area contributed by atoms with Gasteiger partial charge in [-0.05, 0) is 36.5 Å². The molecule has 1 aromatic carbocycles. The zero-order chi connectivity index (χ0) is 14.0. The van der Waals surface area contributed by atoms with Crippen LogP contribution in [0.25, 0.3) is 0 Å². The molecule has 1 aliphatic rings. The van der Waals surface area contributed by atoms with E-state index in [1.54, 1.807) is 6.07 Å². The summed E-state index contributed by atoms with van der Waals surface area (Å²) in [5, 5.41) is 4.40. The molecule has 1 saturated carbocycles. The van der Waals surface area contributed by atoms with Crippen LogP contribution in [0.5, 0.6) is 0 Å². The van der Waals surface area contributed by atoms with Crippen molar-refractivity contribution in [2.75, 3.05) is 18.6 Å². The van der Waals surface area contributed by atoms with Crippen molar-refractivity contribution in [3.05, 3.63) is 33.8 Å². The van der Waals surface area contributed by atoms with Crippen LogP contribution in [0.1, 0.15) is 24.4 Å². The Kier molecular flexibility index (Phi) is 4.77. The second-order valence-electron chi connectivity index (χ2n) is 5.07. The van der Waals surface area contributed by atoms with Crippen LogP contribution in [0.3, 0.4) is 0 Å². The highest BCUT2D eigenvalue weighted by molar-refractivity contribution is 7.90. The van der Waals surface area contributed by atoms with Gasteiger partial charge in [-0.2, -0.15) is 0 Å². The van der Waals surface area contributed by atoms with Crippen molar-refractivity contribution in [2.45, 2.75) is 18.9 Å². The molecule has 0 heterocycles. The molecule has 1 aromatic rings. The first-order chi connectivity index (χ1) is 8.87. The van der Waals surface area contributed by atoms with Crippen molar-refractivity contribution < 1.29 is 8.42 Å². The third-order valence-electron chi connectivity index (χ3n) is 3.23. The predicted octanol–water partition coefficient (Wildman–Crippen LogP) is 3.08. The summed E-state index contributed by atoms with van der Waals surface area (Å²) in [6.45, 7) is 0.459. The van der Waals surface area contributed by atoms with Gasteiger partial charge in [-0.15, -0.1) is 0 Å². The van der Waals surface area contributed by atoms with E-state index >= 15 is 0 Å². The molecule has 2 rings (SSSR count). The van der Waals surface area contributed by atoms with Crippen LogP contribution in [0, 0.1) is 5.92 Å². The van der Waals surface area contributed by atoms with E-state index in [4.69, 9.17) is 23.2 Å². The second-order valence-corrected chi connectivity index (χ2v) is 8.15. The smallest absolute Gasteiger partial charge is 0.148 e. The Morgan fingerprint density at radius 3 is 2.53 bits per heavy atom. The standard InChI is InChI=1S/C13H17Cl2NO2S/c1-19(17,18)7-6-16-13(9-2-3-9)10-4-5-11(14)12(15)8-10/h4-5,8-9,13,16H,2-3,6-7H2,1H3/t13-/m0/s1. The van der Waals surface area contributed by atoms with Crippen LogP contribution in [-0.2, 0) is 9.84 Å². The van der Waals surface area contributed by atoms with Gasteiger partial charge in [0.1, 0.15) is 9.84 Å². The molecule has 0 aliphatic heterocycles. The van der Waals surface area contributed by atoms with Gasteiger partial charge >= 0.3 is 0 Å². The molecule has 0 amide bonds. The van der Waals surface area contributed by atoms with E-state index in [-0.39, 0.29) is 11.8 Å². The van der Waals surface area contributed by atoms with Crippen molar-refractivity contribution in [3.8, 4) is 0 Å². The summed E-state index contributed by atoms with van der Waals surface area (Å²) < 4.78 is 22.3. The Bertz CT molecular complexity index is 556. The molecule has 0 spiro atoms. The lowest BCUT2D eigenvalue weighted by Crippen LogP contribution is -2.28. The highest BCUT2D eigenvalue weighted by atomic mass is 35.5. The molecule has 1 fully saturated rings. The summed E-state index contributed by atoms with van der Waals surface area (Å²) in [5.74, 6) is 0.717. The normalized spacial score (nSPS) is 17.4. The topological polar surface area (TPSA) is 46.2 Å². The van der Waals surface area contributed by atoms with E-state index in [0.717, 1.165) is 18.4 Å². The summed E-state index contributed by atoms with van der Waals surface area (Å²) in [4.78, 5) is 0. The zero-order valence-electron chi connectivity index (χ0n) is 10.7. The van der Waals surface area contributed by atoms with Gasteiger partial charge < -0.3 is 5.32 Å². The van der Waals surface area contributed by atoms with Crippen molar-refractivity contribution >= 4 is 33.0 Å². The van der Waals surface area contributed by atoms with Gasteiger partial charge in [0.05, 0.1) is 15.8 Å². The lowest BCUT2D eigenvalue weighted by molar-refractivity contribution is 0.494. The highest BCUT2D eigenvalue weighted by Crippen LogP contribution is 2.41. The molecule has 3 nitrogen and oxygen atoms in total. The van der Waals surface area contributed by atoms with E-state index < -0.39 is 9.84 Å². The average molecular weight is 322 g/mol. The number of rotatable bonds is 6. The first-order valence-electron chi connectivity index (χ1n) is 6.23. The second kappa shape index (κ2) is 6.00. The minimum Gasteiger partial charge on any atom is -0.309 e. The first-order valence-corrected chi connectivity index (χ1v) is 9.04. The highest BCUT2D eigenvalue weighted by Gasteiger charge is 2.32. The molecule has 0 saturated heterocycles. The van der Waals surface area contributed by atoms with Gasteiger partial charge in [0.15, 0.2) is 0 Å². The third kappa shape index (κ3) is 4.63. The van der Waals surface area contributed by atoms with Crippen molar-refractivity contribution in [3.63, 3.8) is 0 Å². The van der Waals surface area contributed by atoms with Crippen LogP contribution < -0.4 is 5.32 Å². The van der Waals surface area contributed by atoms with E-state index in [1.807, 2.05) is 12.1 Å². The molecule has 0 radical (unpaired) electrons. The van der Waals surface area contributed by atoms with Crippen LogP contribution in [0.4, 0.5) is 0 Å². The number of hydrogen-bond acceptors (Lipinski definition) is 3. The van der Waals surface area contributed by atoms with Crippen molar-refractivity contribution in [1.29, 1.82) is 0 Å². The maximum atomic E-state index is 11.2. The van der Waals surface area contributed by atoms with Gasteiger partial charge in [0.25, 0.3) is 0 Å².